The molecule has 182 valence electrons. The Morgan fingerprint density at radius 3 is 1.62 bits per heavy atom. The van der Waals surface area contributed by atoms with E-state index in [0.717, 1.165) is 48.2 Å². The Morgan fingerprint density at radius 2 is 1.21 bits per heavy atom. The second-order valence-electron chi connectivity index (χ2n) is 9.37. The summed E-state index contributed by atoms with van der Waals surface area (Å²) in [6.45, 7) is 6.25. The average molecular weight is 505 g/mol. The van der Waals surface area contributed by atoms with E-state index in [9.17, 15) is 9.59 Å². The molecule has 2 aliphatic rings. The number of rotatable bonds is 5. The van der Waals surface area contributed by atoms with Crippen LogP contribution in [0.4, 0.5) is 0 Å². The molecular weight excluding hydrogens is 475 g/mol. The Bertz CT molecular complexity index is 1010. The summed E-state index contributed by atoms with van der Waals surface area (Å²) in [5.41, 5.74) is 2.23. The summed E-state index contributed by atoms with van der Waals surface area (Å²) in [6, 6.07) is 11.3. The third-order valence-electron chi connectivity index (χ3n) is 6.56. The summed E-state index contributed by atoms with van der Waals surface area (Å²) < 4.78 is 11.8. The van der Waals surface area contributed by atoms with Crippen molar-refractivity contribution in [1.29, 1.82) is 0 Å². The van der Waals surface area contributed by atoms with Crippen molar-refractivity contribution in [2.45, 2.75) is 50.7 Å². The molecule has 34 heavy (non-hydrogen) atoms. The van der Waals surface area contributed by atoms with Crippen molar-refractivity contribution in [1.82, 2.24) is 10.6 Å². The van der Waals surface area contributed by atoms with Gasteiger partial charge in [-0.3, -0.25) is 9.59 Å². The third-order valence-corrected chi connectivity index (χ3v) is 7.03. The van der Waals surface area contributed by atoms with Crippen LogP contribution in [0.2, 0.25) is 10.0 Å². The molecule has 2 heterocycles. The van der Waals surface area contributed by atoms with Crippen molar-refractivity contribution in [3.05, 3.63) is 68.7 Å². The lowest BCUT2D eigenvalue weighted by Crippen LogP contribution is -2.39. The smallest absolute Gasteiger partial charge is 0.307 e. The van der Waals surface area contributed by atoms with E-state index in [1.165, 1.54) is 0 Å². The molecule has 8 heteroatoms. The normalized spacial score (nSPS) is 24.2. The first-order valence-electron chi connectivity index (χ1n) is 11.6. The van der Waals surface area contributed by atoms with Gasteiger partial charge < -0.3 is 20.1 Å². The number of carbonyl (C=O) groups is 2. The van der Waals surface area contributed by atoms with Gasteiger partial charge in [0.25, 0.3) is 0 Å². The van der Waals surface area contributed by atoms with Crippen LogP contribution < -0.4 is 10.6 Å². The zero-order valence-corrected chi connectivity index (χ0v) is 21.0. The molecule has 0 radical (unpaired) electrons. The van der Waals surface area contributed by atoms with Gasteiger partial charge in [-0.05, 0) is 75.2 Å². The highest BCUT2D eigenvalue weighted by Gasteiger charge is 2.37. The van der Waals surface area contributed by atoms with E-state index in [-0.39, 0.29) is 12.8 Å². The Labute approximate surface area is 210 Å². The number of ether oxygens (including phenoxy) is 2. The first-order valence-corrected chi connectivity index (χ1v) is 12.4. The zero-order chi connectivity index (χ0) is 24.3. The van der Waals surface area contributed by atoms with Gasteiger partial charge >= 0.3 is 11.9 Å². The molecule has 6 nitrogen and oxygen atoms in total. The van der Waals surface area contributed by atoms with E-state index in [0.29, 0.717) is 23.1 Å². The Kier molecular flexibility index (Phi) is 7.53. The van der Waals surface area contributed by atoms with Crippen molar-refractivity contribution in [2.75, 3.05) is 26.2 Å². The molecule has 4 rings (SSSR count). The van der Waals surface area contributed by atoms with Crippen LogP contribution in [0.1, 0.15) is 48.9 Å². The van der Waals surface area contributed by atoms with Crippen molar-refractivity contribution >= 4 is 35.1 Å². The van der Waals surface area contributed by atoms with E-state index in [1.807, 2.05) is 50.2 Å². The van der Waals surface area contributed by atoms with Crippen LogP contribution in [0.15, 0.2) is 36.4 Å². The van der Waals surface area contributed by atoms with Crippen molar-refractivity contribution in [3.8, 4) is 0 Å². The Balaban J connectivity index is 1.41. The number of carbonyl (C=O) groups excluding carboxylic acids is 2. The highest BCUT2D eigenvalue weighted by atomic mass is 35.5. The van der Waals surface area contributed by atoms with E-state index in [2.05, 4.69) is 10.6 Å². The van der Waals surface area contributed by atoms with Crippen LogP contribution in [-0.4, -0.2) is 38.1 Å². The van der Waals surface area contributed by atoms with Crippen molar-refractivity contribution in [3.63, 3.8) is 0 Å². The predicted octanol–water partition coefficient (Wildman–Crippen LogP) is 4.28. The summed E-state index contributed by atoms with van der Waals surface area (Å²) in [6.07, 6.45) is 1.50. The van der Waals surface area contributed by atoms with Gasteiger partial charge in [0.05, 0.1) is 12.8 Å². The summed E-state index contributed by atoms with van der Waals surface area (Å²) in [7, 11) is 0. The molecule has 2 atom stereocenters. The minimum absolute atomic E-state index is 0.0732. The first-order chi connectivity index (χ1) is 16.2. The minimum Gasteiger partial charge on any atom is -0.453 e. The quantitative estimate of drug-likeness (QED) is 0.591. The Hall–Kier alpha value is -2.12. The fourth-order valence-corrected chi connectivity index (χ4v) is 5.14. The lowest BCUT2D eigenvalue weighted by Gasteiger charge is -2.31. The standard InChI is InChI=1S/C26H30Cl2N2O4/c1-25(15-29-11-9-17-3-5-19(27)13-21(17)25)33-23(31)7-8-24(32)34-26(2)16-30-12-10-18-4-6-20(28)14-22(18)26/h3-6,13-14,29-30H,7-12,15-16H2,1-2H3/t25-,26-/m0/s1. The van der Waals surface area contributed by atoms with E-state index < -0.39 is 23.1 Å². The van der Waals surface area contributed by atoms with Gasteiger partial charge in [0.1, 0.15) is 11.2 Å². The van der Waals surface area contributed by atoms with Crippen LogP contribution in [0.25, 0.3) is 0 Å². The molecule has 2 aromatic rings. The number of fused-ring (bicyclic) bond motifs is 2. The maximum absolute atomic E-state index is 12.8. The molecule has 2 N–H and O–H groups in total. The lowest BCUT2D eigenvalue weighted by molar-refractivity contribution is -0.166. The third kappa shape index (κ3) is 5.57. The molecule has 0 fully saturated rings. The second kappa shape index (κ2) is 10.2. The highest BCUT2D eigenvalue weighted by molar-refractivity contribution is 6.31. The molecule has 0 bridgehead atoms. The van der Waals surface area contributed by atoms with Crippen molar-refractivity contribution < 1.29 is 19.1 Å². The van der Waals surface area contributed by atoms with Gasteiger partial charge in [-0.2, -0.15) is 0 Å². The van der Waals surface area contributed by atoms with E-state index >= 15 is 0 Å². The topological polar surface area (TPSA) is 76.7 Å². The van der Waals surface area contributed by atoms with Gasteiger partial charge in [0.2, 0.25) is 0 Å². The summed E-state index contributed by atoms with van der Waals surface area (Å²) in [5.74, 6) is -0.914. The molecule has 0 saturated carbocycles. The van der Waals surface area contributed by atoms with Gasteiger partial charge in [-0.15, -0.1) is 0 Å². The largest absolute Gasteiger partial charge is 0.453 e. The number of hydrogen-bond acceptors (Lipinski definition) is 6. The number of hydrogen-bond donors (Lipinski definition) is 2. The molecule has 2 aromatic carbocycles. The fraction of sp³-hybridized carbons (Fsp3) is 0.462. The van der Waals surface area contributed by atoms with Gasteiger partial charge in [0, 0.05) is 34.3 Å². The monoisotopic (exact) mass is 504 g/mol. The molecule has 0 saturated heterocycles. The number of esters is 2. The van der Waals surface area contributed by atoms with Crippen LogP contribution in [-0.2, 0) is 43.1 Å². The van der Waals surface area contributed by atoms with Crippen LogP contribution in [0, 0.1) is 0 Å². The minimum atomic E-state index is -0.870. The predicted molar refractivity (Wildman–Crippen MR) is 132 cm³/mol. The Morgan fingerprint density at radius 1 is 0.794 bits per heavy atom. The van der Waals surface area contributed by atoms with Crippen molar-refractivity contribution in [2.24, 2.45) is 0 Å². The highest BCUT2D eigenvalue weighted by Crippen LogP contribution is 2.34. The second-order valence-corrected chi connectivity index (χ2v) is 10.2. The molecule has 0 spiro atoms. The maximum atomic E-state index is 12.8. The van der Waals surface area contributed by atoms with Gasteiger partial charge in [-0.25, -0.2) is 0 Å². The number of benzene rings is 2. The van der Waals surface area contributed by atoms with Gasteiger partial charge in [0.15, 0.2) is 0 Å². The maximum Gasteiger partial charge on any atom is 0.307 e. The molecule has 0 aromatic heterocycles. The number of nitrogens with one attached hydrogen (secondary N) is 2. The van der Waals surface area contributed by atoms with E-state index in [1.54, 1.807) is 0 Å². The zero-order valence-electron chi connectivity index (χ0n) is 19.5. The SMILES string of the molecule is C[C@]1(OC(=O)CCC(=O)O[C@@]2(C)CNCCc3ccc(Cl)cc32)CNCCc2ccc(Cl)cc21. The first kappa shape index (κ1) is 25.0. The summed E-state index contributed by atoms with van der Waals surface area (Å²) >= 11 is 12.4. The lowest BCUT2D eigenvalue weighted by atomic mass is 9.91. The summed E-state index contributed by atoms with van der Waals surface area (Å²) in [4.78, 5) is 25.6. The van der Waals surface area contributed by atoms with E-state index in [4.69, 9.17) is 32.7 Å². The van der Waals surface area contributed by atoms with Crippen LogP contribution in [0.3, 0.4) is 0 Å². The molecule has 0 aliphatic carbocycles. The summed E-state index contributed by atoms with van der Waals surface area (Å²) in [5, 5.41) is 7.84. The molecule has 2 aliphatic heterocycles. The molecule has 0 amide bonds. The van der Waals surface area contributed by atoms with Crippen LogP contribution >= 0.6 is 23.2 Å². The molecule has 0 unspecified atom stereocenters. The average Bonchev–Trinajstić information content (AvgIpc) is 3.04. The van der Waals surface area contributed by atoms with Crippen LogP contribution in [0.5, 0.6) is 0 Å². The fourth-order valence-electron chi connectivity index (χ4n) is 4.80. The van der Waals surface area contributed by atoms with Gasteiger partial charge in [-0.1, -0.05) is 35.3 Å². The molecular formula is C26H30Cl2N2O4. The number of halogens is 2.